The molecule has 2 atom stereocenters. The molecule has 0 fully saturated rings. The van der Waals surface area contributed by atoms with Gasteiger partial charge in [0, 0.05) is 56.7 Å². The predicted octanol–water partition coefficient (Wildman–Crippen LogP) is 13.5. The minimum absolute atomic E-state index is 0.216. The maximum atomic E-state index is 5.60. The van der Waals surface area contributed by atoms with Crippen LogP contribution in [0.2, 0.25) is 0 Å². The zero-order valence-electron chi connectivity index (χ0n) is 31.4. The third-order valence-corrected chi connectivity index (χ3v) is 12.9. The molecule has 0 aliphatic heterocycles. The Labute approximate surface area is 334 Å². The lowest BCUT2D eigenvalue weighted by molar-refractivity contribution is 0.569. The number of pyridine rings is 3. The highest BCUT2D eigenvalue weighted by atomic mass is 14.7. The lowest BCUT2D eigenvalue weighted by Crippen LogP contribution is -2.30. The zero-order valence-corrected chi connectivity index (χ0v) is 31.4. The Kier molecular flexibility index (Phi) is 6.56. The van der Waals surface area contributed by atoms with Gasteiger partial charge in [-0.05, 0) is 90.4 Å². The highest BCUT2D eigenvalue weighted by Crippen LogP contribution is 2.54. The van der Waals surface area contributed by atoms with Crippen molar-refractivity contribution in [1.29, 1.82) is 0 Å². The molecule has 58 heavy (non-hydrogen) atoms. The Hall–Kier alpha value is -7.49. The molecule has 0 spiro atoms. The van der Waals surface area contributed by atoms with Gasteiger partial charge in [0.05, 0.1) is 22.2 Å². The van der Waals surface area contributed by atoms with Gasteiger partial charge < -0.3 is 0 Å². The molecule has 4 aliphatic carbocycles. The second-order valence-electron chi connectivity index (χ2n) is 15.8. The highest BCUT2D eigenvalue weighted by Gasteiger charge is 2.41. The summed E-state index contributed by atoms with van der Waals surface area (Å²) in [7, 11) is 0. The fourth-order valence-electron chi connectivity index (χ4n) is 10.4. The van der Waals surface area contributed by atoms with Crippen molar-refractivity contribution in [2.24, 2.45) is 11.8 Å². The minimum Gasteiger partial charge on any atom is -0.254 e. The fourth-order valence-corrected chi connectivity index (χ4v) is 10.4. The first-order chi connectivity index (χ1) is 28.8. The molecule has 13 rings (SSSR count). The summed E-state index contributed by atoms with van der Waals surface area (Å²) in [6, 6.07) is 46.0. The molecule has 0 saturated heterocycles. The number of nitrogens with zero attached hydrogens (tertiary/aromatic N) is 3. The largest absolute Gasteiger partial charge is 0.254 e. The van der Waals surface area contributed by atoms with Crippen LogP contribution < -0.4 is 0 Å². The number of allylic oxidation sites excluding steroid dienone is 14. The van der Waals surface area contributed by atoms with Gasteiger partial charge >= 0.3 is 0 Å². The van der Waals surface area contributed by atoms with Crippen LogP contribution in [0.3, 0.4) is 0 Å². The SMILES string of the molecule is C1=CC2=C(c3cccc(-c4nc5c6ccccc6c6ccccc6c5c5ccccc45)c3)C=CC3=CC=C4C(c5cc6cccnc6c6ncccc56)=CC=C1C4C32. The van der Waals surface area contributed by atoms with E-state index in [0.29, 0.717) is 0 Å². The van der Waals surface area contributed by atoms with Gasteiger partial charge in [0.15, 0.2) is 0 Å². The smallest absolute Gasteiger partial charge is 0.0970 e. The van der Waals surface area contributed by atoms with Crippen LogP contribution in [0.15, 0.2) is 211 Å². The van der Waals surface area contributed by atoms with Gasteiger partial charge in [-0.1, -0.05) is 152 Å². The molecule has 268 valence electrons. The molecular weight excluding hydrogens is 703 g/mol. The number of benzene rings is 6. The normalized spacial score (nSPS) is 18.2. The fraction of sp³-hybridized carbons (Fsp3) is 0.0364. The molecule has 0 N–H and O–H groups in total. The first-order valence-corrected chi connectivity index (χ1v) is 20.1. The van der Waals surface area contributed by atoms with Crippen LogP contribution in [0.1, 0.15) is 11.1 Å². The van der Waals surface area contributed by atoms with Crippen molar-refractivity contribution in [3.63, 3.8) is 0 Å². The molecule has 3 nitrogen and oxygen atoms in total. The molecule has 3 heteroatoms. The predicted molar refractivity (Wildman–Crippen MR) is 241 cm³/mol. The van der Waals surface area contributed by atoms with Gasteiger partial charge in [-0.3, -0.25) is 9.97 Å². The zero-order chi connectivity index (χ0) is 37.9. The standard InChI is InChI=1S/C55H33N3/c1-3-15-41-38(13-1)39-14-2-5-17-45(39)54-51(41)42-16-4-6-18-46(42)52(58-54)35-11-7-10-34(30-35)37-24-20-32-23-27-44-40(25-21-33-22-26-43(37)49(32)50(33)44)48-31-36-12-8-28-56-53(36)55-47(48)19-9-29-57-55/h1-31,49-50H. The second-order valence-corrected chi connectivity index (χ2v) is 15.8. The van der Waals surface area contributed by atoms with Crippen LogP contribution in [0.4, 0.5) is 0 Å². The van der Waals surface area contributed by atoms with Crippen LogP contribution in [-0.2, 0) is 0 Å². The number of fused-ring (bicyclic) bond motifs is 11. The Bertz CT molecular complexity index is 3570. The minimum atomic E-state index is 0.216. The van der Waals surface area contributed by atoms with Crippen molar-refractivity contribution in [1.82, 2.24) is 15.0 Å². The molecule has 0 bridgehead atoms. The molecule has 9 aromatic rings. The molecule has 0 radical (unpaired) electrons. The molecular formula is C55H33N3. The maximum absolute atomic E-state index is 5.60. The van der Waals surface area contributed by atoms with E-state index in [4.69, 9.17) is 15.0 Å². The summed E-state index contributed by atoms with van der Waals surface area (Å²) in [5, 5.41) is 10.8. The van der Waals surface area contributed by atoms with E-state index in [1.807, 2.05) is 24.5 Å². The van der Waals surface area contributed by atoms with Crippen LogP contribution in [-0.4, -0.2) is 15.0 Å². The third kappa shape index (κ3) is 4.41. The van der Waals surface area contributed by atoms with E-state index in [1.165, 1.54) is 76.9 Å². The number of hydrogen-bond acceptors (Lipinski definition) is 3. The summed E-state index contributed by atoms with van der Waals surface area (Å²) in [4.78, 5) is 15.2. The van der Waals surface area contributed by atoms with Crippen LogP contribution in [0.5, 0.6) is 0 Å². The van der Waals surface area contributed by atoms with Crippen LogP contribution in [0.25, 0.3) is 87.4 Å². The Balaban J connectivity index is 0.965. The average molecular weight is 736 g/mol. The monoisotopic (exact) mass is 735 g/mol. The Morgan fingerprint density at radius 1 is 0.431 bits per heavy atom. The number of hydrogen-bond donors (Lipinski definition) is 0. The quantitative estimate of drug-likeness (QED) is 0.170. The second kappa shape index (κ2) is 12.0. The van der Waals surface area contributed by atoms with E-state index in [0.717, 1.165) is 44.0 Å². The van der Waals surface area contributed by atoms with E-state index in [9.17, 15) is 0 Å². The van der Waals surface area contributed by atoms with Crippen molar-refractivity contribution in [2.75, 3.05) is 0 Å². The molecule has 2 unspecified atom stereocenters. The number of rotatable bonds is 3. The van der Waals surface area contributed by atoms with E-state index in [2.05, 4.69) is 164 Å². The topological polar surface area (TPSA) is 38.7 Å². The van der Waals surface area contributed by atoms with Crippen molar-refractivity contribution in [3.8, 4) is 11.3 Å². The average Bonchev–Trinajstić information content (AvgIpc) is 3.30. The molecule has 3 aromatic heterocycles. The summed E-state index contributed by atoms with van der Waals surface area (Å²) in [6.45, 7) is 0. The lowest BCUT2D eigenvalue weighted by atomic mass is 9.61. The van der Waals surface area contributed by atoms with Crippen molar-refractivity contribution < 1.29 is 0 Å². The van der Waals surface area contributed by atoms with E-state index in [-0.39, 0.29) is 11.8 Å². The summed E-state index contributed by atoms with van der Waals surface area (Å²) >= 11 is 0. The van der Waals surface area contributed by atoms with E-state index >= 15 is 0 Å². The lowest BCUT2D eigenvalue weighted by Gasteiger charge is -2.42. The van der Waals surface area contributed by atoms with Gasteiger partial charge in [-0.15, -0.1) is 0 Å². The Morgan fingerprint density at radius 2 is 1.09 bits per heavy atom. The van der Waals surface area contributed by atoms with Gasteiger partial charge in [0.25, 0.3) is 0 Å². The van der Waals surface area contributed by atoms with Gasteiger partial charge in [-0.2, -0.15) is 0 Å². The third-order valence-electron chi connectivity index (χ3n) is 12.9. The van der Waals surface area contributed by atoms with Crippen molar-refractivity contribution >= 4 is 76.2 Å². The Morgan fingerprint density at radius 3 is 1.95 bits per heavy atom. The van der Waals surface area contributed by atoms with Crippen molar-refractivity contribution in [3.05, 3.63) is 222 Å². The van der Waals surface area contributed by atoms with Crippen molar-refractivity contribution in [2.45, 2.75) is 0 Å². The van der Waals surface area contributed by atoms with E-state index in [1.54, 1.807) is 0 Å². The molecule has 3 heterocycles. The first kappa shape index (κ1) is 31.7. The van der Waals surface area contributed by atoms with E-state index < -0.39 is 0 Å². The van der Waals surface area contributed by atoms with Crippen LogP contribution >= 0.6 is 0 Å². The molecule has 6 aromatic carbocycles. The highest BCUT2D eigenvalue weighted by molar-refractivity contribution is 6.31. The van der Waals surface area contributed by atoms with Gasteiger partial charge in [0.1, 0.15) is 0 Å². The molecule has 0 amide bonds. The van der Waals surface area contributed by atoms with Crippen LogP contribution in [0, 0.1) is 11.8 Å². The summed E-state index contributed by atoms with van der Waals surface area (Å²) in [5.41, 5.74) is 15.4. The maximum Gasteiger partial charge on any atom is 0.0970 e. The van der Waals surface area contributed by atoms with Gasteiger partial charge in [-0.25, -0.2) is 4.98 Å². The van der Waals surface area contributed by atoms with Gasteiger partial charge in [0.2, 0.25) is 0 Å². The molecule has 0 saturated carbocycles. The molecule has 4 aliphatic rings. The number of aromatic nitrogens is 3. The summed E-state index contributed by atoms with van der Waals surface area (Å²) < 4.78 is 0. The summed E-state index contributed by atoms with van der Waals surface area (Å²) in [6.07, 6.45) is 22.5. The first-order valence-electron chi connectivity index (χ1n) is 20.1. The summed E-state index contributed by atoms with van der Waals surface area (Å²) in [5.74, 6) is 0.433.